The lowest BCUT2D eigenvalue weighted by Gasteiger charge is -2.21. The van der Waals surface area contributed by atoms with E-state index in [1.165, 1.54) is 22.7 Å². The Hall–Kier alpha value is -1.67. The molecule has 0 aliphatic carbocycles. The summed E-state index contributed by atoms with van der Waals surface area (Å²) in [4.78, 5) is 30.8. The number of aryl methyl sites for hydroxylation is 1. The molecule has 1 aromatic carbocycles. The highest BCUT2D eigenvalue weighted by atomic mass is 35.5. The van der Waals surface area contributed by atoms with E-state index in [9.17, 15) is 9.59 Å². The minimum Gasteiger partial charge on any atom is -0.466 e. The molecule has 5 nitrogen and oxygen atoms in total. The highest BCUT2D eigenvalue weighted by molar-refractivity contribution is 7.18. The zero-order valence-corrected chi connectivity index (χ0v) is 18.5. The second kappa shape index (κ2) is 9.22. The van der Waals surface area contributed by atoms with Gasteiger partial charge in [0.05, 0.1) is 34.3 Å². The predicted octanol–water partition coefficient (Wildman–Crippen LogP) is 5.85. The van der Waals surface area contributed by atoms with Crippen molar-refractivity contribution in [1.82, 2.24) is 4.98 Å². The molecule has 0 atom stereocenters. The van der Waals surface area contributed by atoms with Crippen LogP contribution in [0.2, 0.25) is 10.0 Å². The van der Waals surface area contributed by atoms with Crippen molar-refractivity contribution in [3.63, 3.8) is 0 Å². The molecule has 0 spiro atoms. The maximum atomic E-state index is 12.9. The maximum absolute atomic E-state index is 12.9. The first-order valence-electron chi connectivity index (χ1n) is 8.64. The molecule has 0 unspecified atom stereocenters. The second-order valence-electron chi connectivity index (χ2n) is 6.01. The number of rotatable bonds is 7. The zero-order valence-electron chi connectivity index (χ0n) is 15.3. The van der Waals surface area contributed by atoms with Crippen molar-refractivity contribution in [2.45, 2.75) is 33.2 Å². The summed E-state index contributed by atoms with van der Waals surface area (Å²) in [6.45, 7) is 4.30. The van der Waals surface area contributed by atoms with Crippen molar-refractivity contribution in [3.8, 4) is 0 Å². The topological polar surface area (TPSA) is 59.5 Å². The average molecular weight is 457 g/mol. The summed E-state index contributed by atoms with van der Waals surface area (Å²) in [7, 11) is 0. The van der Waals surface area contributed by atoms with E-state index in [1.54, 1.807) is 17.9 Å². The zero-order chi connectivity index (χ0) is 20.3. The molecular weight excluding hydrogens is 439 g/mol. The van der Waals surface area contributed by atoms with Crippen LogP contribution in [0.5, 0.6) is 0 Å². The van der Waals surface area contributed by atoms with Crippen LogP contribution in [0.1, 0.15) is 30.3 Å². The number of thiophene rings is 1. The number of carbonyl (C=O) groups excluding carboxylic acids is 2. The van der Waals surface area contributed by atoms with Gasteiger partial charge in [-0.3, -0.25) is 14.5 Å². The molecule has 0 bridgehead atoms. The monoisotopic (exact) mass is 456 g/mol. The van der Waals surface area contributed by atoms with E-state index in [4.69, 9.17) is 27.9 Å². The van der Waals surface area contributed by atoms with Crippen LogP contribution in [0.25, 0.3) is 10.2 Å². The van der Waals surface area contributed by atoms with Crippen molar-refractivity contribution in [3.05, 3.63) is 44.2 Å². The van der Waals surface area contributed by atoms with Gasteiger partial charge in [0.15, 0.2) is 0 Å². The summed E-state index contributed by atoms with van der Waals surface area (Å²) in [5.74, 6) is -0.526. The molecule has 0 N–H and O–H groups in total. The van der Waals surface area contributed by atoms with Gasteiger partial charge < -0.3 is 4.74 Å². The Kier molecular flexibility index (Phi) is 6.93. The number of ether oxygens (including phenoxy) is 1. The molecular formula is C19H18Cl2N2O3S2. The van der Waals surface area contributed by atoms with Crippen molar-refractivity contribution < 1.29 is 14.3 Å². The first kappa shape index (κ1) is 21.0. The van der Waals surface area contributed by atoms with Crippen molar-refractivity contribution in [1.29, 1.82) is 0 Å². The number of anilines is 1. The summed E-state index contributed by atoms with van der Waals surface area (Å²) < 4.78 is 5.83. The van der Waals surface area contributed by atoms with Crippen molar-refractivity contribution >= 4 is 73.0 Å². The molecule has 3 rings (SSSR count). The normalized spacial score (nSPS) is 11.0. The number of fused-ring (bicyclic) bond motifs is 1. The van der Waals surface area contributed by atoms with E-state index in [0.717, 1.165) is 20.3 Å². The van der Waals surface area contributed by atoms with E-state index in [0.29, 0.717) is 28.7 Å². The minimum absolute atomic E-state index is 0.0505. The van der Waals surface area contributed by atoms with Crippen molar-refractivity contribution in [2.24, 2.45) is 0 Å². The van der Waals surface area contributed by atoms with Gasteiger partial charge in [0.2, 0.25) is 5.91 Å². The molecule has 0 saturated carbocycles. The average Bonchev–Trinajstić information content (AvgIpc) is 3.27. The van der Waals surface area contributed by atoms with E-state index in [2.05, 4.69) is 4.98 Å². The van der Waals surface area contributed by atoms with Crippen LogP contribution in [-0.2, 0) is 20.9 Å². The summed E-state index contributed by atoms with van der Waals surface area (Å²) in [5.41, 5.74) is 1.63. The summed E-state index contributed by atoms with van der Waals surface area (Å²) >= 11 is 15.3. The number of halogens is 2. The third kappa shape index (κ3) is 4.66. The number of esters is 1. The number of benzene rings is 1. The van der Waals surface area contributed by atoms with Crippen LogP contribution < -0.4 is 4.90 Å². The summed E-state index contributed by atoms with van der Waals surface area (Å²) in [6, 6.07) is 5.56. The molecule has 28 heavy (non-hydrogen) atoms. The molecule has 0 aliphatic rings. The van der Waals surface area contributed by atoms with E-state index in [1.807, 2.05) is 24.4 Å². The lowest BCUT2D eigenvalue weighted by atomic mass is 10.2. The molecule has 1 amide bonds. The van der Waals surface area contributed by atoms with Crippen LogP contribution in [0.4, 0.5) is 5.00 Å². The quantitative estimate of drug-likeness (QED) is 0.418. The third-order valence-corrected chi connectivity index (χ3v) is 6.86. The highest BCUT2D eigenvalue weighted by Gasteiger charge is 2.22. The fraction of sp³-hybridized carbons (Fsp3) is 0.316. The van der Waals surface area contributed by atoms with E-state index >= 15 is 0 Å². The maximum Gasteiger partial charge on any atom is 0.306 e. The molecule has 2 heterocycles. The number of hydrogen-bond acceptors (Lipinski definition) is 6. The molecule has 148 valence electrons. The van der Waals surface area contributed by atoms with Crippen molar-refractivity contribution in [2.75, 3.05) is 11.5 Å². The predicted molar refractivity (Wildman–Crippen MR) is 116 cm³/mol. The Balaban J connectivity index is 1.86. The van der Waals surface area contributed by atoms with Gasteiger partial charge in [-0.1, -0.05) is 23.2 Å². The molecule has 2 aromatic heterocycles. The number of thiazole rings is 1. The highest BCUT2D eigenvalue weighted by Crippen LogP contribution is 2.35. The van der Waals surface area contributed by atoms with Gasteiger partial charge >= 0.3 is 5.97 Å². The second-order valence-corrected chi connectivity index (χ2v) is 8.80. The Morgan fingerprint density at radius 1 is 1.21 bits per heavy atom. The van der Waals surface area contributed by atoms with E-state index < -0.39 is 0 Å². The molecule has 0 radical (unpaired) electrons. The van der Waals surface area contributed by atoms with Crippen LogP contribution >= 0.6 is 45.9 Å². The van der Waals surface area contributed by atoms with Crippen LogP contribution in [-0.4, -0.2) is 23.5 Å². The fourth-order valence-corrected chi connectivity index (χ4v) is 5.01. The van der Waals surface area contributed by atoms with Gasteiger partial charge in [-0.2, -0.15) is 0 Å². The van der Waals surface area contributed by atoms with Gasteiger partial charge in [0.25, 0.3) is 0 Å². The first-order valence-corrected chi connectivity index (χ1v) is 11.1. The number of aromatic nitrogens is 1. The molecule has 3 aromatic rings. The minimum atomic E-state index is -0.375. The smallest absolute Gasteiger partial charge is 0.306 e. The van der Waals surface area contributed by atoms with E-state index in [-0.39, 0.29) is 24.7 Å². The first-order chi connectivity index (χ1) is 13.4. The lowest BCUT2D eigenvalue weighted by molar-refractivity contribution is -0.144. The largest absolute Gasteiger partial charge is 0.466 e. The summed E-state index contributed by atoms with van der Waals surface area (Å²) in [5, 5.41) is 4.39. The third-order valence-electron chi connectivity index (χ3n) is 4.02. The SMILES string of the molecule is CCOC(=O)CCC(=O)N(Cc1nc2c(Cl)c(Cl)ccc2s1)c1sccc1C. The van der Waals surface area contributed by atoms with Gasteiger partial charge in [0.1, 0.15) is 15.5 Å². The molecule has 9 heteroatoms. The standard InChI is InChI=1S/C19H18Cl2N2O3S2/c1-3-26-16(25)7-6-15(24)23(19-11(2)8-9-27-19)10-14-22-18-13(28-14)5-4-12(20)17(18)21/h4-5,8-9H,3,6-7,10H2,1-2H3. The fourth-order valence-electron chi connectivity index (χ4n) is 2.68. The Bertz CT molecular complexity index is 1020. The number of carbonyl (C=O) groups is 2. The van der Waals surface area contributed by atoms with Gasteiger partial charge in [-0.05, 0) is 43.0 Å². The Morgan fingerprint density at radius 2 is 2.00 bits per heavy atom. The number of nitrogens with zero attached hydrogens (tertiary/aromatic N) is 2. The van der Waals surface area contributed by atoms with Gasteiger partial charge in [0, 0.05) is 6.42 Å². The Labute approximate surface area is 180 Å². The number of hydrogen-bond donors (Lipinski definition) is 0. The molecule has 0 aliphatic heterocycles. The van der Waals surface area contributed by atoms with Crippen LogP contribution in [0, 0.1) is 6.92 Å². The summed E-state index contributed by atoms with van der Waals surface area (Å²) in [6.07, 6.45) is 0.128. The van der Waals surface area contributed by atoms with Crippen LogP contribution in [0.15, 0.2) is 23.6 Å². The lowest BCUT2D eigenvalue weighted by Crippen LogP contribution is -2.30. The molecule has 0 fully saturated rings. The Morgan fingerprint density at radius 3 is 2.68 bits per heavy atom. The molecule has 0 saturated heterocycles. The van der Waals surface area contributed by atoms with Gasteiger partial charge in [-0.25, -0.2) is 4.98 Å². The van der Waals surface area contributed by atoms with Gasteiger partial charge in [-0.15, -0.1) is 22.7 Å². The number of amides is 1. The van der Waals surface area contributed by atoms with Crippen LogP contribution in [0.3, 0.4) is 0 Å².